The van der Waals surface area contributed by atoms with Crippen LogP contribution in [-0.4, -0.2) is 52.4 Å². The third kappa shape index (κ3) is 4.05. The van der Waals surface area contributed by atoms with Crippen molar-refractivity contribution in [2.75, 3.05) is 26.2 Å². The summed E-state index contributed by atoms with van der Waals surface area (Å²) >= 11 is 5.90. The Labute approximate surface area is 175 Å². The van der Waals surface area contributed by atoms with E-state index in [1.54, 1.807) is 29.2 Å². The van der Waals surface area contributed by atoms with Crippen molar-refractivity contribution in [2.24, 2.45) is 0 Å². The minimum absolute atomic E-state index is 0.00278. The lowest BCUT2D eigenvalue weighted by Crippen LogP contribution is -2.50. The molecule has 4 rings (SSSR count). The lowest BCUT2D eigenvalue weighted by atomic mass is 10.1. The van der Waals surface area contributed by atoms with Crippen LogP contribution in [0.3, 0.4) is 0 Å². The monoisotopic (exact) mass is 407 g/mol. The summed E-state index contributed by atoms with van der Waals surface area (Å²) in [5.41, 5.74) is 3.38. The summed E-state index contributed by atoms with van der Waals surface area (Å²) in [4.78, 5) is 29.3. The van der Waals surface area contributed by atoms with Gasteiger partial charge in [0.05, 0.1) is 0 Å². The highest BCUT2D eigenvalue weighted by Crippen LogP contribution is 2.19. The fraction of sp³-hybridized carbons (Fsp3) is 0.217. The van der Waals surface area contributed by atoms with E-state index in [1.165, 1.54) is 0 Å². The number of piperazine rings is 1. The van der Waals surface area contributed by atoms with Crippen molar-refractivity contribution >= 4 is 23.4 Å². The number of rotatable bonds is 3. The van der Waals surface area contributed by atoms with Gasteiger partial charge in [-0.25, -0.2) is 0 Å². The smallest absolute Gasteiger partial charge is 0.254 e. The normalized spacial score (nSPS) is 14.1. The van der Waals surface area contributed by atoms with E-state index in [2.05, 4.69) is 0 Å². The van der Waals surface area contributed by atoms with Gasteiger partial charge in [0.2, 0.25) is 0 Å². The number of carbonyl (C=O) groups is 2. The molecule has 6 heteroatoms. The lowest BCUT2D eigenvalue weighted by molar-refractivity contribution is 0.0535. The molecule has 2 heterocycles. The van der Waals surface area contributed by atoms with Crippen molar-refractivity contribution in [1.29, 1.82) is 0 Å². The molecule has 0 spiro atoms. The number of aryl methyl sites for hydroxylation is 1. The van der Waals surface area contributed by atoms with E-state index in [0.717, 1.165) is 11.3 Å². The maximum absolute atomic E-state index is 13.0. The second kappa shape index (κ2) is 8.13. The summed E-state index contributed by atoms with van der Waals surface area (Å²) in [6, 6.07) is 16.6. The molecule has 2 amide bonds. The number of hydrogen-bond acceptors (Lipinski definition) is 2. The Kier molecular flexibility index (Phi) is 5.41. The average Bonchev–Trinajstić information content (AvgIpc) is 3.28. The van der Waals surface area contributed by atoms with Crippen molar-refractivity contribution in [3.05, 3.63) is 88.7 Å². The van der Waals surface area contributed by atoms with Gasteiger partial charge in [-0.1, -0.05) is 17.7 Å². The molecule has 0 radical (unpaired) electrons. The Morgan fingerprint density at radius 3 is 1.90 bits per heavy atom. The van der Waals surface area contributed by atoms with Gasteiger partial charge in [0.1, 0.15) is 0 Å². The summed E-state index contributed by atoms with van der Waals surface area (Å²) in [7, 11) is 0. The molecule has 0 saturated carbocycles. The molecule has 0 unspecified atom stereocenters. The first-order valence-corrected chi connectivity index (χ1v) is 9.99. The van der Waals surface area contributed by atoms with Crippen LogP contribution in [0.1, 0.15) is 26.3 Å². The molecule has 3 aromatic rings. The highest BCUT2D eigenvalue weighted by atomic mass is 35.5. The minimum atomic E-state index is -0.0287. The van der Waals surface area contributed by atoms with Gasteiger partial charge in [0.15, 0.2) is 0 Å². The third-order valence-corrected chi connectivity index (χ3v) is 5.54. The zero-order valence-electron chi connectivity index (χ0n) is 16.2. The van der Waals surface area contributed by atoms with Crippen LogP contribution in [0.15, 0.2) is 67.0 Å². The predicted octanol–water partition coefficient (Wildman–Crippen LogP) is 4.04. The molecule has 2 aromatic carbocycles. The Balaban J connectivity index is 1.43. The second-order valence-corrected chi connectivity index (χ2v) is 7.62. The molecule has 1 aliphatic heterocycles. The van der Waals surface area contributed by atoms with Gasteiger partial charge in [0.25, 0.3) is 11.8 Å². The number of benzene rings is 2. The zero-order chi connectivity index (χ0) is 20.4. The van der Waals surface area contributed by atoms with E-state index >= 15 is 0 Å². The van der Waals surface area contributed by atoms with Gasteiger partial charge in [-0.2, -0.15) is 0 Å². The Hall–Kier alpha value is -3.05. The maximum Gasteiger partial charge on any atom is 0.254 e. The summed E-state index contributed by atoms with van der Waals surface area (Å²) < 4.78 is 2.01. The van der Waals surface area contributed by atoms with Crippen LogP contribution in [0.4, 0.5) is 0 Å². The molecule has 0 N–H and O–H groups in total. The van der Waals surface area contributed by atoms with Crippen LogP contribution in [-0.2, 0) is 0 Å². The van der Waals surface area contributed by atoms with Crippen LogP contribution in [0.25, 0.3) is 5.69 Å². The molecular weight excluding hydrogens is 386 g/mol. The summed E-state index contributed by atoms with van der Waals surface area (Å²) in [6.07, 6.45) is 3.94. The van der Waals surface area contributed by atoms with Crippen LogP contribution < -0.4 is 0 Å². The maximum atomic E-state index is 13.0. The summed E-state index contributed by atoms with van der Waals surface area (Å²) in [6.45, 7) is 4.10. The molecule has 5 nitrogen and oxygen atoms in total. The van der Waals surface area contributed by atoms with E-state index in [9.17, 15) is 9.59 Å². The number of carbonyl (C=O) groups excluding carboxylic acids is 2. The van der Waals surface area contributed by atoms with Gasteiger partial charge < -0.3 is 14.4 Å². The van der Waals surface area contributed by atoms with Gasteiger partial charge in [-0.05, 0) is 61.0 Å². The van der Waals surface area contributed by atoms with E-state index in [0.29, 0.717) is 42.3 Å². The third-order valence-electron chi connectivity index (χ3n) is 5.28. The Morgan fingerprint density at radius 2 is 1.31 bits per heavy atom. The first-order chi connectivity index (χ1) is 14.0. The molecule has 0 atom stereocenters. The molecule has 1 aliphatic rings. The summed E-state index contributed by atoms with van der Waals surface area (Å²) in [5.74, 6) is -0.0315. The van der Waals surface area contributed by atoms with Crippen LogP contribution >= 0.6 is 11.6 Å². The fourth-order valence-corrected chi connectivity index (χ4v) is 3.71. The highest BCUT2D eigenvalue weighted by molar-refractivity contribution is 6.30. The van der Waals surface area contributed by atoms with Gasteiger partial charge in [-0.15, -0.1) is 0 Å². The average molecular weight is 408 g/mol. The molecule has 0 bridgehead atoms. The molecular formula is C23H22ClN3O2. The fourth-order valence-electron chi connectivity index (χ4n) is 3.59. The topological polar surface area (TPSA) is 45.6 Å². The number of hydrogen-bond donors (Lipinski definition) is 0. The molecule has 148 valence electrons. The first-order valence-electron chi connectivity index (χ1n) is 9.61. The van der Waals surface area contributed by atoms with E-state index in [4.69, 9.17) is 11.6 Å². The summed E-state index contributed by atoms with van der Waals surface area (Å²) in [5, 5.41) is 0.606. The van der Waals surface area contributed by atoms with E-state index < -0.39 is 0 Å². The number of amides is 2. The van der Waals surface area contributed by atoms with Crippen molar-refractivity contribution in [3.8, 4) is 5.69 Å². The quantitative estimate of drug-likeness (QED) is 0.657. The number of halogens is 1. The van der Waals surface area contributed by atoms with Crippen LogP contribution in [0.5, 0.6) is 0 Å². The van der Waals surface area contributed by atoms with Crippen LogP contribution in [0.2, 0.25) is 5.02 Å². The largest absolute Gasteiger partial charge is 0.335 e. The second-order valence-electron chi connectivity index (χ2n) is 7.18. The Bertz CT molecular complexity index is 1020. The van der Waals surface area contributed by atoms with Gasteiger partial charge in [-0.3, -0.25) is 9.59 Å². The highest BCUT2D eigenvalue weighted by Gasteiger charge is 2.25. The standard InChI is InChI=1S/C23H22ClN3O2/c1-17-4-5-19(16-21(17)25-10-2-3-11-25)23(29)27-14-12-26(13-15-27)22(28)18-6-8-20(24)9-7-18/h2-11,16H,12-15H2,1H3. The number of nitrogens with zero attached hydrogens (tertiary/aromatic N) is 3. The molecule has 1 aromatic heterocycles. The van der Waals surface area contributed by atoms with Crippen molar-refractivity contribution in [1.82, 2.24) is 14.4 Å². The van der Waals surface area contributed by atoms with Crippen LogP contribution in [0, 0.1) is 6.92 Å². The Morgan fingerprint density at radius 1 is 0.793 bits per heavy atom. The minimum Gasteiger partial charge on any atom is -0.335 e. The molecule has 1 fully saturated rings. The van der Waals surface area contributed by atoms with E-state index in [1.807, 2.05) is 59.1 Å². The van der Waals surface area contributed by atoms with Gasteiger partial charge >= 0.3 is 0 Å². The predicted molar refractivity (Wildman–Crippen MR) is 114 cm³/mol. The molecule has 0 aliphatic carbocycles. The number of aromatic nitrogens is 1. The van der Waals surface area contributed by atoms with Crippen molar-refractivity contribution in [2.45, 2.75) is 6.92 Å². The first kappa shape index (κ1) is 19.3. The van der Waals surface area contributed by atoms with Crippen molar-refractivity contribution < 1.29 is 9.59 Å². The molecule has 1 saturated heterocycles. The zero-order valence-corrected chi connectivity index (χ0v) is 17.0. The van der Waals surface area contributed by atoms with Crippen molar-refractivity contribution in [3.63, 3.8) is 0 Å². The lowest BCUT2D eigenvalue weighted by Gasteiger charge is -2.35. The van der Waals surface area contributed by atoms with E-state index in [-0.39, 0.29) is 11.8 Å². The molecule has 29 heavy (non-hydrogen) atoms. The van der Waals surface area contributed by atoms with Gasteiger partial charge in [0, 0.05) is 60.4 Å². The SMILES string of the molecule is Cc1ccc(C(=O)N2CCN(C(=O)c3ccc(Cl)cc3)CC2)cc1-n1cccc1.